The molecular weight excluding hydrogens is 302 g/mol. The molecule has 0 saturated carbocycles. The maximum absolute atomic E-state index is 12.1. The van der Waals surface area contributed by atoms with Crippen LogP contribution in [-0.2, 0) is 16.4 Å². The number of carbonyl (C=O) groups is 1. The van der Waals surface area contributed by atoms with E-state index in [1.165, 1.54) is 18.6 Å². The molecule has 1 fully saturated rings. The molecule has 1 aliphatic rings. The van der Waals surface area contributed by atoms with E-state index < -0.39 is 10.0 Å². The van der Waals surface area contributed by atoms with Gasteiger partial charge < -0.3 is 10.2 Å². The Morgan fingerprint density at radius 3 is 2.59 bits per heavy atom. The summed E-state index contributed by atoms with van der Waals surface area (Å²) in [6, 6.07) is 6.68. The Morgan fingerprint density at radius 1 is 1.32 bits per heavy atom. The van der Waals surface area contributed by atoms with E-state index in [2.05, 4.69) is 12.2 Å². The minimum absolute atomic E-state index is 0.0200. The number of sulfonamides is 1. The zero-order chi connectivity index (χ0) is 16.2. The van der Waals surface area contributed by atoms with Crippen molar-refractivity contribution in [2.75, 3.05) is 13.1 Å². The van der Waals surface area contributed by atoms with E-state index in [0.29, 0.717) is 19.0 Å². The molecule has 1 aromatic carbocycles. The van der Waals surface area contributed by atoms with Crippen LogP contribution in [0.25, 0.3) is 0 Å². The summed E-state index contributed by atoms with van der Waals surface area (Å²) in [6.07, 6.45) is 3.95. The highest BCUT2D eigenvalue weighted by Gasteiger charge is 2.22. The summed E-state index contributed by atoms with van der Waals surface area (Å²) in [5.74, 6) is 0. The third-order valence-electron chi connectivity index (χ3n) is 4.01. The van der Waals surface area contributed by atoms with Crippen molar-refractivity contribution in [3.8, 4) is 0 Å². The molecule has 6 nitrogen and oxygen atoms in total. The van der Waals surface area contributed by atoms with Gasteiger partial charge in [-0.2, -0.15) is 0 Å². The monoisotopic (exact) mass is 325 g/mol. The van der Waals surface area contributed by atoms with Gasteiger partial charge in [-0.1, -0.05) is 12.1 Å². The van der Waals surface area contributed by atoms with Crippen LogP contribution >= 0.6 is 0 Å². The third kappa shape index (κ3) is 4.45. The summed E-state index contributed by atoms with van der Waals surface area (Å²) in [5, 5.41) is 7.97. The third-order valence-corrected chi connectivity index (χ3v) is 4.93. The molecule has 0 aromatic heterocycles. The second-order valence-electron chi connectivity index (χ2n) is 5.71. The van der Waals surface area contributed by atoms with Crippen LogP contribution in [0.5, 0.6) is 0 Å². The predicted octanol–water partition coefficient (Wildman–Crippen LogP) is 1.46. The van der Waals surface area contributed by atoms with Crippen LogP contribution in [-0.4, -0.2) is 38.5 Å². The summed E-state index contributed by atoms with van der Waals surface area (Å²) < 4.78 is 22.3. The first kappa shape index (κ1) is 16.8. The fraction of sp³-hybridized carbons (Fsp3) is 0.533. The summed E-state index contributed by atoms with van der Waals surface area (Å²) in [6.45, 7) is 3.41. The average Bonchev–Trinajstić information content (AvgIpc) is 2.47. The van der Waals surface area contributed by atoms with Crippen molar-refractivity contribution in [1.82, 2.24) is 10.2 Å². The van der Waals surface area contributed by atoms with E-state index in [-0.39, 0.29) is 10.9 Å². The molecule has 7 heteroatoms. The minimum atomic E-state index is -3.65. The molecule has 0 spiro atoms. The number of piperidine rings is 1. The number of primary sulfonamides is 1. The van der Waals surface area contributed by atoms with Crippen LogP contribution in [0.3, 0.4) is 0 Å². The largest absolute Gasteiger partial charge is 0.338 e. The van der Waals surface area contributed by atoms with Gasteiger partial charge in [-0.15, -0.1) is 0 Å². The predicted molar refractivity (Wildman–Crippen MR) is 84.9 cm³/mol. The number of rotatable bonds is 4. The molecule has 0 bridgehead atoms. The van der Waals surface area contributed by atoms with Crippen LogP contribution < -0.4 is 10.5 Å². The van der Waals surface area contributed by atoms with Gasteiger partial charge in [0, 0.05) is 19.1 Å². The standard InChI is InChI=1S/C15H23N3O3S/c1-12-4-2-3-11-18(12)15(19)17-10-9-13-5-7-14(8-6-13)22(16,20)21/h5-8,12H,2-4,9-11H2,1H3,(H,17,19)(H2,16,20,21)/t12-/m0/s1. The number of likely N-dealkylation sites (tertiary alicyclic amines) is 1. The maximum atomic E-state index is 12.1. The molecule has 122 valence electrons. The van der Waals surface area contributed by atoms with Crippen LogP contribution in [0.15, 0.2) is 29.2 Å². The molecule has 1 saturated heterocycles. The van der Waals surface area contributed by atoms with Gasteiger partial charge in [-0.25, -0.2) is 18.4 Å². The summed E-state index contributed by atoms with van der Waals surface area (Å²) in [7, 11) is -3.65. The number of nitrogens with one attached hydrogen (secondary N) is 1. The number of benzene rings is 1. The smallest absolute Gasteiger partial charge is 0.317 e. The fourth-order valence-electron chi connectivity index (χ4n) is 2.66. The average molecular weight is 325 g/mol. The molecule has 0 aliphatic carbocycles. The Kier molecular flexibility index (Phi) is 5.42. The Bertz CT molecular complexity index is 613. The van der Waals surface area contributed by atoms with E-state index in [9.17, 15) is 13.2 Å². The topological polar surface area (TPSA) is 92.5 Å². The van der Waals surface area contributed by atoms with Crippen molar-refractivity contribution < 1.29 is 13.2 Å². The molecule has 3 N–H and O–H groups in total. The Morgan fingerprint density at radius 2 is 2.00 bits per heavy atom. The Balaban J connectivity index is 1.82. The van der Waals surface area contributed by atoms with Gasteiger partial charge in [-0.3, -0.25) is 0 Å². The number of nitrogens with two attached hydrogens (primary N) is 1. The Hall–Kier alpha value is -1.60. The normalized spacial score (nSPS) is 19.0. The van der Waals surface area contributed by atoms with E-state index in [0.717, 1.165) is 24.9 Å². The highest BCUT2D eigenvalue weighted by atomic mass is 32.2. The molecule has 22 heavy (non-hydrogen) atoms. The zero-order valence-corrected chi connectivity index (χ0v) is 13.6. The number of urea groups is 1. The van der Waals surface area contributed by atoms with E-state index in [4.69, 9.17) is 5.14 Å². The zero-order valence-electron chi connectivity index (χ0n) is 12.8. The van der Waals surface area contributed by atoms with E-state index >= 15 is 0 Å². The lowest BCUT2D eigenvalue weighted by atomic mass is 10.0. The molecule has 1 atom stereocenters. The first-order valence-corrected chi connectivity index (χ1v) is 9.09. The van der Waals surface area contributed by atoms with Crippen LogP contribution in [0, 0.1) is 0 Å². The molecule has 0 unspecified atom stereocenters. The molecule has 1 aliphatic heterocycles. The number of amides is 2. The van der Waals surface area contributed by atoms with Crippen molar-refractivity contribution in [1.29, 1.82) is 0 Å². The van der Waals surface area contributed by atoms with Gasteiger partial charge in [0.15, 0.2) is 0 Å². The van der Waals surface area contributed by atoms with Gasteiger partial charge in [0.1, 0.15) is 0 Å². The quantitative estimate of drug-likeness (QED) is 0.878. The van der Waals surface area contributed by atoms with Crippen LogP contribution in [0.2, 0.25) is 0 Å². The van der Waals surface area contributed by atoms with Crippen molar-refractivity contribution in [3.63, 3.8) is 0 Å². The van der Waals surface area contributed by atoms with Crippen molar-refractivity contribution in [2.45, 2.75) is 43.5 Å². The first-order valence-electron chi connectivity index (χ1n) is 7.54. The van der Waals surface area contributed by atoms with Crippen LogP contribution in [0.4, 0.5) is 4.79 Å². The number of nitrogens with zero attached hydrogens (tertiary/aromatic N) is 1. The van der Waals surface area contributed by atoms with E-state index in [1.54, 1.807) is 12.1 Å². The van der Waals surface area contributed by atoms with Gasteiger partial charge >= 0.3 is 6.03 Å². The molecule has 0 radical (unpaired) electrons. The summed E-state index contributed by atoms with van der Waals surface area (Å²) in [5.41, 5.74) is 0.958. The summed E-state index contributed by atoms with van der Waals surface area (Å²) in [4.78, 5) is 14.1. The second-order valence-corrected chi connectivity index (χ2v) is 7.27. The van der Waals surface area contributed by atoms with Gasteiger partial charge in [0.2, 0.25) is 10.0 Å². The van der Waals surface area contributed by atoms with Gasteiger partial charge in [0.25, 0.3) is 0 Å². The first-order chi connectivity index (χ1) is 10.4. The number of hydrogen-bond acceptors (Lipinski definition) is 3. The van der Waals surface area contributed by atoms with Gasteiger partial charge in [-0.05, 0) is 50.3 Å². The molecule has 2 rings (SSSR count). The lowest BCUT2D eigenvalue weighted by Gasteiger charge is -2.33. The van der Waals surface area contributed by atoms with E-state index in [1.807, 2.05) is 4.90 Å². The highest BCUT2D eigenvalue weighted by Crippen LogP contribution is 2.16. The molecule has 1 aromatic rings. The highest BCUT2D eigenvalue weighted by molar-refractivity contribution is 7.89. The Labute approximate surface area is 131 Å². The molecule has 1 heterocycles. The van der Waals surface area contributed by atoms with Crippen molar-refractivity contribution >= 4 is 16.1 Å². The minimum Gasteiger partial charge on any atom is -0.338 e. The van der Waals surface area contributed by atoms with Crippen molar-refractivity contribution in [3.05, 3.63) is 29.8 Å². The SMILES string of the molecule is C[C@H]1CCCCN1C(=O)NCCc1ccc(S(N)(=O)=O)cc1. The maximum Gasteiger partial charge on any atom is 0.317 e. The summed E-state index contributed by atoms with van der Waals surface area (Å²) >= 11 is 0. The second kappa shape index (κ2) is 7.11. The molecule has 2 amide bonds. The molecular formula is C15H23N3O3S. The number of hydrogen-bond donors (Lipinski definition) is 2. The van der Waals surface area contributed by atoms with Crippen LogP contribution in [0.1, 0.15) is 31.7 Å². The lowest BCUT2D eigenvalue weighted by molar-refractivity contribution is 0.158. The lowest BCUT2D eigenvalue weighted by Crippen LogP contribution is -2.47. The fourth-order valence-corrected chi connectivity index (χ4v) is 3.18. The van der Waals surface area contributed by atoms with Crippen molar-refractivity contribution in [2.24, 2.45) is 5.14 Å². The number of carbonyl (C=O) groups excluding carboxylic acids is 1. The van der Waals surface area contributed by atoms with Gasteiger partial charge in [0.05, 0.1) is 4.90 Å².